The van der Waals surface area contributed by atoms with Crippen molar-refractivity contribution in [2.75, 3.05) is 23.3 Å². The first kappa shape index (κ1) is 23.5. The van der Waals surface area contributed by atoms with Crippen molar-refractivity contribution in [1.82, 2.24) is 14.5 Å². The number of amides is 2. The van der Waals surface area contributed by atoms with E-state index in [2.05, 4.69) is 39.8 Å². The average molecular weight is 476 g/mol. The van der Waals surface area contributed by atoms with Crippen LogP contribution in [0.25, 0.3) is 0 Å². The van der Waals surface area contributed by atoms with Crippen LogP contribution in [0.1, 0.15) is 48.8 Å². The highest BCUT2D eigenvalue weighted by Gasteiger charge is 2.45. The van der Waals surface area contributed by atoms with Crippen LogP contribution in [0, 0.1) is 26.6 Å². The fraction of sp³-hybridized carbons (Fsp3) is 0.429. The summed E-state index contributed by atoms with van der Waals surface area (Å²) in [6.45, 7) is 7.62. The summed E-state index contributed by atoms with van der Waals surface area (Å²) in [5.41, 5.74) is 3.52. The second kappa shape index (κ2) is 9.82. The van der Waals surface area contributed by atoms with Crippen molar-refractivity contribution >= 4 is 17.4 Å². The van der Waals surface area contributed by atoms with Gasteiger partial charge in [-0.3, -0.25) is 9.80 Å². The highest BCUT2D eigenvalue weighted by atomic mass is 19.1. The molecule has 0 spiro atoms. The molecule has 3 aromatic rings. The number of aryl methyl sites for hydroxylation is 3. The van der Waals surface area contributed by atoms with Gasteiger partial charge in [0.05, 0.1) is 5.69 Å². The number of urea groups is 1. The summed E-state index contributed by atoms with van der Waals surface area (Å²) in [5, 5.41) is 2.97. The lowest BCUT2D eigenvalue weighted by atomic mass is 9.76. The van der Waals surface area contributed by atoms with Crippen molar-refractivity contribution in [3.05, 3.63) is 77.6 Å². The molecule has 3 aliphatic rings. The molecule has 2 unspecified atom stereocenters. The molecule has 2 aromatic carbocycles. The van der Waals surface area contributed by atoms with Gasteiger partial charge in [-0.05, 0) is 76.8 Å². The van der Waals surface area contributed by atoms with Gasteiger partial charge in [0.15, 0.2) is 0 Å². The van der Waals surface area contributed by atoms with Crippen molar-refractivity contribution < 1.29 is 9.18 Å². The molecule has 1 saturated carbocycles. The van der Waals surface area contributed by atoms with E-state index in [1.165, 1.54) is 18.6 Å². The third kappa shape index (κ3) is 5.10. The lowest BCUT2D eigenvalue weighted by Crippen LogP contribution is -2.61. The molecule has 6 nitrogen and oxygen atoms in total. The molecular weight excluding hydrogens is 441 g/mol. The van der Waals surface area contributed by atoms with E-state index in [4.69, 9.17) is 0 Å². The van der Waals surface area contributed by atoms with Crippen LogP contribution in [0.15, 0.2) is 54.7 Å². The van der Waals surface area contributed by atoms with Crippen LogP contribution in [0.2, 0.25) is 0 Å². The Bertz CT molecular complexity index is 1180. The van der Waals surface area contributed by atoms with Crippen LogP contribution in [0.4, 0.5) is 20.6 Å². The largest absolute Gasteiger partial charge is 0.332 e. The normalized spacial score (nSPS) is 21.4. The van der Waals surface area contributed by atoms with Crippen molar-refractivity contribution in [3.63, 3.8) is 0 Å². The maximum Gasteiger partial charge on any atom is 0.326 e. The number of halogens is 1. The maximum absolute atomic E-state index is 14.0. The van der Waals surface area contributed by atoms with E-state index < -0.39 is 0 Å². The minimum Gasteiger partial charge on any atom is -0.332 e. The average Bonchev–Trinajstić information content (AvgIpc) is 3.18. The Balaban J connectivity index is 1.21. The molecule has 1 aliphatic carbocycles. The monoisotopic (exact) mass is 475 g/mol. The maximum atomic E-state index is 14.0. The molecule has 3 atom stereocenters. The van der Waals surface area contributed by atoms with E-state index in [1.54, 1.807) is 17.0 Å². The van der Waals surface area contributed by atoms with Crippen LogP contribution >= 0.6 is 0 Å². The Labute approximate surface area is 206 Å². The number of nitrogens with zero attached hydrogens (tertiary/aromatic N) is 4. The van der Waals surface area contributed by atoms with E-state index in [0.717, 1.165) is 48.6 Å². The Morgan fingerprint density at radius 3 is 2.43 bits per heavy atom. The van der Waals surface area contributed by atoms with Gasteiger partial charge in [-0.1, -0.05) is 23.8 Å². The SMILES string of the molecule is Cc1ccc(NC(=O)N(CCCN2C3CC(n4cc(C)nc4C)C[C@H]2C3)c2cccc(F)c2)cc1. The first-order chi connectivity index (χ1) is 16.9. The van der Waals surface area contributed by atoms with Gasteiger partial charge < -0.3 is 9.88 Å². The summed E-state index contributed by atoms with van der Waals surface area (Å²) in [4.78, 5) is 22.0. The highest BCUT2D eigenvalue weighted by Crippen LogP contribution is 2.43. The number of rotatable bonds is 7. The number of imidazole rings is 1. The fourth-order valence-corrected chi connectivity index (χ4v) is 5.76. The Kier molecular flexibility index (Phi) is 6.60. The predicted octanol–water partition coefficient (Wildman–Crippen LogP) is 5.85. The number of hydrogen-bond acceptors (Lipinski definition) is 3. The topological polar surface area (TPSA) is 53.4 Å². The van der Waals surface area contributed by atoms with E-state index >= 15 is 0 Å². The molecule has 35 heavy (non-hydrogen) atoms. The van der Waals surface area contributed by atoms with Crippen LogP contribution < -0.4 is 10.2 Å². The summed E-state index contributed by atoms with van der Waals surface area (Å²) >= 11 is 0. The Hall–Kier alpha value is -3.19. The summed E-state index contributed by atoms with van der Waals surface area (Å²) in [6.07, 6.45) is 6.56. The van der Waals surface area contributed by atoms with Crippen LogP contribution in [0.3, 0.4) is 0 Å². The molecule has 2 amide bonds. The standard InChI is InChI=1S/C28H34FN5O/c1-19-8-10-23(11-9-19)31-28(35)33(24-7-4-6-22(29)14-24)13-5-12-32-25-15-26(32)17-27(16-25)34-18-20(2)30-21(34)3/h4,6-11,14,18,25-27H,5,12-13,15-17H2,1-3H3,(H,31,35)/t25-,26?,27?/m1/s1. The Morgan fingerprint density at radius 2 is 1.77 bits per heavy atom. The third-order valence-electron chi connectivity index (χ3n) is 7.47. The number of fused-ring (bicyclic) bond motifs is 2. The predicted molar refractivity (Wildman–Crippen MR) is 137 cm³/mol. The summed E-state index contributed by atoms with van der Waals surface area (Å²) in [7, 11) is 0. The van der Waals surface area contributed by atoms with Crippen molar-refractivity contribution in [3.8, 4) is 0 Å². The summed E-state index contributed by atoms with van der Waals surface area (Å²) < 4.78 is 16.3. The lowest BCUT2D eigenvalue weighted by Gasteiger charge is -2.56. The van der Waals surface area contributed by atoms with Crippen molar-refractivity contribution in [2.24, 2.45) is 0 Å². The molecule has 1 aromatic heterocycles. The smallest absolute Gasteiger partial charge is 0.326 e. The van der Waals surface area contributed by atoms with Gasteiger partial charge in [-0.2, -0.15) is 0 Å². The molecule has 3 fully saturated rings. The van der Waals surface area contributed by atoms with Crippen molar-refractivity contribution in [2.45, 2.75) is 64.6 Å². The second-order valence-corrected chi connectivity index (χ2v) is 10.0. The lowest BCUT2D eigenvalue weighted by molar-refractivity contribution is -0.0484. The molecule has 0 radical (unpaired) electrons. The number of aromatic nitrogens is 2. The van der Waals surface area contributed by atoms with E-state index in [-0.39, 0.29) is 11.8 Å². The fourth-order valence-electron chi connectivity index (χ4n) is 5.76. The molecule has 6 rings (SSSR count). The number of benzene rings is 2. The van der Waals surface area contributed by atoms with Gasteiger partial charge >= 0.3 is 6.03 Å². The molecule has 7 heteroatoms. The Morgan fingerprint density at radius 1 is 1.06 bits per heavy atom. The van der Waals surface area contributed by atoms with Gasteiger partial charge in [0.2, 0.25) is 0 Å². The number of anilines is 2. The number of piperidine rings is 1. The molecule has 1 N–H and O–H groups in total. The molecule has 3 heterocycles. The van der Waals surface area contributed by atoms with Gasteiger partial charge in [-0.15, -0.1) is 0 Å². The summed E-state index contributed by atoms with van der Waals surface area (Å²) in [6, 6.07) is 15.4. The van der Waals surface area contributed by atoms with Crippen LogP contribution in [0.5, 0.6) is 0 Å². The quantitative estimate of drug-likeness (QED) is 0.466. The van der Waals surface area contributed by atoms with E-state index in [0.29, 0.717) is 30.4 Å². The number of carbonyl (C=O) groups is 1. The van der Waals surface area contributed by atoms with Crippen LogP contribution in [-0.4, -0.2) is 45.7 Å². The van der Waals surface area contributed by atoms with Gasteiger partial charge in [0, 0.05) is 48.8 Å². The zero-order valence-corrected chi connectivity index (χ0v) is 20.7. The van der Waals surface area contributed by atoms with Crippen molar-refractivity contribution in [1.29, 1.82) is 0 Å². The number of carbonyl (C=O) groups excluding carboxylic acids is 1. The summed E-state index contributed by atoms with van der Waals surface area (Å²) in [5.74, 6) is 0.759. The highest BCUT2D eigenvalue weighted by molar-refractivity contribution is 6.01. The molecule has 2 aliphatic heterocycles. The molecule has 184 valence electrons. The minimum absolute atomic E-state index is 0.241. The minimum atomic E-state index is -0.344. The number of nitrogens with one attached hydrogen (secondary N) is 1. The zero-order valence-electron chi connectivity index (χ0n) is 20.7. The first-order valence-corrected chi connectivity index (χ1v) is 12.6. The number of hydrogen-bond donors (Lipinski definition) is 1. The van der Waals surface area contributed by atoms with Crippen LogP contribution in [-0.2, 0) is 0 Å². The molecule has 2 bridgehead atoms. The van der Waals surface area contributed by atoms with Gasteiger partial charge in [0.1, 0.15) is 11.6 Å². The zero-order chi connectivity index (χ0) is 24.5. The van der Waals surface area contributed by atoms with Gasteiger partial charge in [0.25, 0.3) is 0 Å². The van der Waals surface area contributed by atoms with Gasteiger partial charge in [-0.25, -0.2) is 14.2 Å². The third-order valence-corrected chi connectivity index (χ3v) is 7.47. The van der Waals surface area contributed by atoms with E-state index in [1.807, 2.05) is 31.2 Å². The molecule has 2 saturated heterocycles. The van der Waals surface area contributed by atoms with E-state index in [9.17, 15) is 9.18 Å². The second-order valence-electron chi connectivity index (χ2n) is 10.0. The molecular formula is C28H34FN5O. The first-order valence-electron chi connectivity index (χ1n) is 12.6.